The molecule has 1 heterocycles. The normalized spacial score (nSPS) is 13.6. The van der Waals surface area contributed by atoms with Gasteiger partial charge in [-0.05, 0) is 19.8 Å². The zero-order chi connectivity index (χ0) is 15.4. The van der Waals surface area contributed by atoms with E-state index in [0.717, 1.165) is 24.2 Å². The van der Waals surface area contributed by atoms with Crippen molar-refractivity contribution in [2.45, 2.75) is 25.8 Å². The van der Waals surface area contributed by atoms with Crippen LogP contribution in [-0.2, 0) is 9.53 Å². The Bertz CT molecular complexity index is 553. The lowest BCUT2D eigenvalue weighted by atomic mass is 10.4. The molecule has 0 unspecified atom stereocenters. The second-order valence-electron chi connectivity index (χ2n) is 4.76. The Hall–Kier alpha value is -1.96. The van der Waals surface area contributed by atoms with Gasteiger partial charge in [-0.1, -0.05) is 0 Å². The molecule has 1 aliphatic rings. The van der Waals surface area contributed by atoms with E-state index in [1.54, 1.807) is 6.92 Å². The summed E-state index contributed by atoms with van der Waals surface area (Å²) in [6.07, 6.45) is 2.00. The number of nitrogens with zero attached hydrogens (tertiary/aromatic N) is 2. The molecule has 0 aliphatic heterocycles. The SMILES string of the molecule is CCOC(=O)c1nc(C(=O)N(C)CC(=O)NC2CC2)cs1. The lowest BCUT2D eigenvalue weighted by Gasteiger charge is -2.15. The summed E-state index contributed by atoms with van der Waals surface area (Å²) in [6.45, 7) is 1.92. The first kappa shape index (κ1) is 15.4. The molecule has 21 heavy (non-hydrogen) atoms. The average molecular weight is 311 g/mol. The number of likely N-dealkylation sites (N-methyl/N-ethyl adjacent to an activating group) is 1. The van der Waals surface area contributed by atoms with Crippen LogP contribution in [0.4, 0.5) is 0 Å². The number of hydrogen-bond acceptors (Lipinski definition) is 6. The van der Waals surface area contributed by atoms with Gasteiger partial charge in [0.2, 0.25) is 10.9 Å². The van der Waals surface area contributed by atoms with Crippen LogP contribution in [0.15, 0.2) is 5.38 Å². The molecular weight excluding hydrogens is 294 g/mol. The highest BCUT2D eigenvalue weighted by molar-refractivity contribution is 7.11. The molecule has 8 heteroatoms. The molecule has 1 aromatic heterocycles. The van der Waals surface area contributed by atoms with E-state index in [9.17, 15) is 14.4 Å². The molecular formula is C13H17N3O4S. The van der Waals surface area contributed by atoms with Gasteiger partial charge in [0, 0.05) is 18.5 Å². The smallest absolute Gasteiger partial charge is 0.367 e. The molecule has 1 N–H and O–H groups in total. The zero-order valence-corrected chi connectivity index (χ0v) is 12.7. The van der Waals surface area contributed by atoms with Gasteiger partial charge >= 0.3 is 5.97 Å². The van der Waals surface area contributed by atoms with Crippen molar-refractivity contribution in [2.24, 2.45) is 0 Å². The molecule has 0 saturated heterocycles. The van der Waals surface area contributed by atoms with Crippen LogP contribution in [0.3, 0.4) is 0 Å². The summed E-state index contributed by atoms with van der Waals surface area (Å²) in [4.78, 5) is 40.5. The molecule has 7 nitrogen and oxygen atoms in total. The van der Waals surface area contributed by atoms with Crippen molar-refractivity contribution in [3.8, 4) is 0 Å². The number of esters is 1. The standard InChI is InChI=1S/C13H17N3O4S/c1-3-20-13(19)11-15-9(7-21-11)12(18)16(2)6-10(17)14-8-4-5-8/h7-8H,3-6H2,1-2H3,(H,14,17). The zero-order valence-electron chi connectivity index (χ0n) is 11.9. The summed E-state index contributed by atoms with van der Waals surface area (Å²) < 4.78 is 4.82. The van der Waals surface area contributed by atoms with Gasteiger partial charge in [-0.25, -0.2) is 9.78 Å². The van der Waals surface area contributed by atoms with Gasteiger partial charge in [0.25, 0.3) is 5.91 Å². The van der Waals surface area contributed by atoms with Gasteiger partial charge in [0.05, 0.1) is 13.2 Å². The molecule has 114 valence electrons. The molecule has 0 aromatic carbocycles. The Morgan fingerprint density at radius 3 is 2.81 bits per heavy atom. The van der Waals surface area contributed by atoms with Gasteiger partial charge < -0.3 is 15.0 Å². The number of amides is 2. The molecule has 0 atom stereocenters. The number of carbonyl (C=O) groups is 3. The minimum Gasteiger partial charge on any atom is -0.461 e. The molecule has 2 rings (SSSR count). The van der Waals surface area contributed by atoms with Crippen molar-refractivity contribution in [3.63, 3.8) is 0 Å². The van der Waals surface area contributed by atoms with Crippen molar-refractivity contribution < 1.29 is 19.1 Å². The highest BCUT2D eigenvalue weighted by Crippen LogP contribution is 2.18. The van der Waals surface area contributed by atoms with E-state index in [4.69, 9.17) is 4.74 Å². The maximum absolute atomic E-state index is 12.1. The number of carbonyl (C=O) groups excluding carboxylic acids is 3. The quantitative estimate of drug-likeness (QED) is 0.780. The summed E-state index contributed by atoms with van der Waals surface area (Å²) in [6, 6.07) is 0.260. The second kappa shape index (κ2) is 6.66. The molecule has 1 saturated carbocycles. The van der Waals surface area contributed by atoms with Crippen LogP contribution in [0.25, 0.3) is 0 Å². The minimum absolute atomic E-state index is 0.0262. The summed E-state index contributed by atoms with van der Waals surface area (Å²) in [7, 11) is 1.53. The Labute approximate surface area is 126 Å². The third-order valence-electron chi connectivity index (χ3n) is 2.84. The van der Waals surface area contributed by atoms with Gasteiger partial charge in [0.1, 0.15) is 5.69 Å². The van der Waals surface area contributed by atoms with Crippen molar-refractivity contribution >= 4 is 29.1 Å². The fraction of sp³-hybridized carbons (Fsp3) is 0.538. The van der Waals surface area contributed by atoms with E-state index in [0.29, 0.717) is 0 Å². The van der Waals surface area contributed by atoms with Gasteiger partial charge in [-0.2, -0.15) is 0 Å². The van der Waals surface area contributed by atoms with Crippen LogP contribution in [-0.4, -0.2) is 53.9 Å². The highest BCUT2D eigenvalue weighted by Gasteiger charge is 2.25. The van der Waals surface area contributed by atoms with Crippen LogP contribution in [0.1, 0.15) is 40.1 Å². The van der Waals surface area contributed by atoms with Gasteiger partial charge in [0.15, 0.2) is 0 Å². The number of hydrogen-bond donors (Lipinski definition) is 1. The van der Waals surface area contributed by atoms with Gasteiger partial charge in [-0.3, -0.25) is 9.59 Å². The summed E-state index contributed by atoms with van der Waals surface area (Å²) >= 11 is 1.05. The lowest BCUT2D eigenvalue weighted by Crippen LogP contribution is -2.39. The predicted molar refractivity (Wildman–Crippen MR) is 76.2 cm³/mol. The molecule has 1 fully saturated rings. The first-order valence-electron chi connectivity index (χ1n) is 6.68. The van der Waals surface area contributed by atoms with Crippen LogP contribution in [0.2, 0.25) is 0 Å². The fourth-order valence-corrected chi connectivity index (χ4v) is 2.33. The predicted octanol–water partition coefficient (Wildman–Crippen LogP) is 0.670. The topological polar surface area (TPSA) is 88.6 Å². The summed E-state index contributed by atoms with van der Waals surface area (Å²) in [5.74, 6) is -1.13. The molecule has 0 bridgehead atoms. The summed E-state index contributed by atoms with van der Waals surface area (Å²) in [5.41, 5.74) is 0.143. The molecule has 0 spiro atoms. The van der Waals surface area contributed by atoms with E-state index < -0.39 is 11.9 Å². The van der Waals surface area contributed by atoms with E-state index in [1.807, 2.05) is 0 Å². The number of nitrogens with one attached hydrogen (secondary N) is 1. The Morgan fingerprint density at radius 2 is 2.19 bits per heavy atom. The average Bonchev–Trinajstić information content (AvgIpc) is 3.10. The van der Waals surface area contributed by atoms with E-state index >= 15 is 0 Å². The second-order valence-corrected chi connectivity index (χ2v) is 5.62. The van der Waals surface area contributed by atoms with Crippen LogP contribution >= 0.6 is 11.3 Å². The Kier molecular flexibility index (Phi) is 4.89. The maximum Gasteiger partial charge on any atom is 0.367 e. The van der Waals surface area contributed by atoms with Crippen LogP contribution in [0, 0.1) is 0 Å². The Morgan fingerprint density at radius 1 is 1.48 bits per heavy atom. The van der Waals surface area contributed by atoms with Gasteiger partial charge in [-0.15, -0.1) is 11.3 Å². The molecule has 1 aliphatic carbocycles. The first-order valence-corrected chi connectivity index (χ1v) is 7.56. The van der Waals surface area contributed by atoms with Crippen molar-refractivity contribution in [1.82, 2.24) is 15.2 Å². The van der Waals surface area contributed by atoms with E-state index in [2.05, 4.69) is 10.3 Å². The van der Waals surface area contributed by atoms with Crippen LogP contribution in [0.5, 0.6) is 0 Å². The van der Waals surface area contributed by atoms with Crippen molar-refractivity contribution in [3.05, 3.63) is 16.1 Å². The largest absolute Gasteiger partial charge is 0.461 e. The van der Waals surface area contributed by atoms with E-state index in [-0.39, 0.29) is 35.8 Å². The maximum atomic E-state index is 12.1. The summed E-state index contributed by atoms with van der Waals surface area (Å²) in [5, 5.41) is 4.43. The minimum atomic E-state index is -0.546. The van der Waals surface area contributed by atoms with E-state index in [1.165, 1.54) is 17.3 Å². The van der Waals surface area contributed by atoms with Crippen molar-refractivity contribution in [2.75, 3.05) is 20.2 Å². The number of ether oxygens (including phenoxy) is 1. The van der Waals surface area contributed by atoms with Crippen LogP contribution < -0.4 is 5.32 Å². The van der Waals surface area contributed by atoms with Crippen molar-refractivity contribution in [1.29, 1.82) is 0 Å². The highest BCUT2D eigenvalue weighted by atomic mass is 32.1. The third kappa shape index (κ3) is 4.25. The Balaban J connectivity index is 1.92. The monoisotopic (exact) mass is 311 g/mol. The number of rotatable bonds is 6. The molecule has 1 aromatic rings. The molecule has 0 radical (unpaired) electrons. The number of aromatic nitrogens is 1. The third-order valence-corrected chi connectivity index (χ3v) is 3.67. The number of thiazole rings is 1. The molecule has 2 amide bonds. The fourth-order valence-electron chi connectivity index (χ4n) is 1.64. The first-order chi connectivity index (χ1) is 10.0. The lowest BCUT2D eigenvalue weighted by molar-refractivity contribution is -0.121.